The molecule has 0 aromatic heterocycles. The summed E-state index contributed by atoms with van der Waals surface area (Å²) in [6, 6.07) is 4.05. The van der Waals surface area contributed by atoms with E-state index >= 15 is 0 Å². The molecule has 0 unspecified atom stereocenters. The van der Waals surface area contributed by atoms with Crippen molar-refractivity contribution in [1.29, 1.82) is 0 Å². The van der Waals surface area contributed by atoms with Crippen molar-refractivity contribution < 1.29 is 14.5 Å². The van der Waals surface area contributed by atoms with Crippen molar-refractivity contribution in [1.82, 2.24) is 5.43 Å². The molecule has 0 aliphatic carbocycles. The van der Waals surface area contributed by atoms with Crippen LogP contribution in [0.2, 0.25) is 5.02 Å². The Morgan fingerprint density at radius 3 is 2.74 bits per heavy atom. The van der Waals surface area contributed by atoms with Gasteiger partial charge in [-0.3, -0.25) is 20.3 Å². The Morgan fingerprint density at radius 1 is 1.58 bits per heavy atom. The highest BCUT2D eigenvalue weighted by Crippen LogP contribution is 2.31. The van der Waals surface area contributed by atoms with Gasteiger partial charge in [-0.25, -0.2) is 5.84 Å². The van der Waals surface area contributed by atoms with Crippen molar-refractivity contribution in [2.75, 3.05) is 6.61 Å². The third-order valence-corrected chi connectivity index (χ3v) is 2.69. The number of nitrogens with two attached hydrogens (primary N) is 1. The number of nitrogens with one attached hydrogen (secondary N) is 1. The molecule has 0 saturated carbocycles. The van der Waals surface area contributed by atoms with Crippen LogP contribution in [0.4, 0.5) is 5.69 Å². The minimum Gasteiger partial charge on any atom is -0.486 e. The Hall–Kier alpha value is -1.86. The summed E-state index contributed by atoms with van der Waals surface area (Å²) in [7, 11) is 0. The standard InChI is InChI=1S/C11H14ClN3O4/c1-11(2,10(16)14-13)6-19-9-4-3-7(12)5-8(9)15(17)18/h3-5H,6,13H2,1-2H3,(H,14,16). The zero-order valence-corrected chi connectivity index (χ0v) is 11.2. The second-order valence-electron chi connectivity index (χ2n) is 4.52. The monoisotopic (exact) mass is 287 g/mol. The first-order valence-corrected chi connectivity index (χ1v) is 5.73. The second-order valence-corrected chi connectivity index (χ2v) is 4.95. The van der Waals surface area contributed by atoms with E-state index in [0.717, 1.165) is 0 Å². The van der Waals surface area contributed by atoms with E-state index in [9.17, 15) is 14.9 Å². The van der Waals surface area contributed by atoms with Crippen molar-refractivity contribution in [3.63, 3.8) is 0 Å². The first-order valence-electron chi connectivity index (χ1n) is 5.35. The maximum Gasteiger partial charge on any atom is 0.312 e. The molecular weight excluding hydrogens is 274 g/mol. The first kappa shape index (κ1) is 15.2. The van der Waals surface area contributed by atoms with E-state index in [1.807, 2.05) is 5.43 Å². The quantitative estimate of drug-likeness (QED) is 0.370. The smallest absolute Gasteiger partial charge is 0.312 e. The lowest BCUT2D eigenvalue weighted by Crippen LogP contribution is -2.44. The third-order valence-electron chi connectivity index (χ3n) is 2.45. The van der Waals surface area contributed by atoms with Gasteiger partial charge < -0.3 is 4.74 Å². The summed E-state index contributed by atoms with van der Waals surface area (Å²) in [5.41, 5.74) is 0.846. The maximum atomic E-state index is 11.5. The summed E-state index contributed by atoms with van der Waals surface area (Å²) in [6.07, 6.45) is 0. The van der Waals surface area contributed by atoms with E-state index in [1.165, 1.54) is 18.2 Å². The van der Waals surface area contributed by atoms with Gasteiger partial charge in [0.25, 0.3) is 0 Å². The number of amides is 1. The number of ether oxygens (including phenoxy) is 1. The number of nitro benzene ring substituents is 1. The average molecular weight is 288 g/mol. The van der Waals surface area contributed by atoms with Gasteiger partial charge in [0.15, 0.2) is 5.75 Å². The number of rotatable bonds is 5. The van der Waals surface area contributed by atoms with E-state index in [1.54, 1.807) is 13.8 Å². The molecule has 8 heteroatoms. The topological polar surface area (TPSA) is 107 Å². The molecule has 0 radical (unpaired) electrons. The third kappa shape index (κ3) is 3.80. The number of hydrogen-bond donors (Lipinski definition) is 2. The van der Waals surface area contributed by atoms with Gasteiger partial charge in [0.2, 0.25) is 5.91 Å². The minimum absolute atomic E-state index is 0.0484. The average Bonchev–Trinajstić information content (AvgIpc) is 2.36. The number of nitro groups is 1. The molecule has 1 aromatic carbocycles. The van der Waals surface area contributed by atoms with Crippen molar-refractivity contribution in [3.8, 4) is 5.75 Å². The van der Waals surface area contributed by atoms with Crippen molar-refractivity contribution in [2.24, 2.45) is 11.3 Å². The zero-order chi connectivity index (χ0) is 14.6. The van der Waals surface area contributed by atoms with Crippen LogP contribution >= 0.6 is 11.6 Å². The number of halogens is 1. The highest BCUT2D eigenvalue weighted by Gasteiger charge is 2.29. The Bertz CT molecular complexity index is 505. The highest BCUT2D eigenvalue weighted by molar-refractivity contribution is 6.30. The number of carbonyl (C=O) groups excluding carboxylic acids is 1. The number of hydrogen-bond acceptors (Lipinski definition) is 5. The summed E-state index contributed by atoms with van der Waals surface area (Å²) < 4.78 is 5.32. The fraction of sp³-hybridized carbons (Fsp3) is 0.364. The van der Waals surface area contributed by atoms with Crippen LogP contribution in [0, 0.1) is 15.5 Å². The summed E-state index contributed by atoms with van der Waals surface area (Å²) in [5.74, 6) is 4.67. The molecule has 0 aliphatic heterocycles. The van der Waals surface area contributed by atoms with Gasteiger partial charge in [0.1, 0.15) is 6.61 Å². The molecule has 0 atom stereocenters. The lowest BCUT2D eigenvalue weighted by Gasteiger charge is -2.22. The fourth-order valence-corrected chi connectivity index (χ4v) is 1.44. The Kier molecular flexibility index (Phi) is 4.68. The van der Waals surface area contributed by atoms with Crippen LogP contribution in [-0.2, 0) is 4.79 Å². The number of carbonyl (C=O) groups is 1. The van der Waals surface area contributed by atoms with Gasteiger partial charge in [-0.2, -0.15) is 0 Å². The Balaban J connectivity index is 2.89. The molecule has 3 N–H and O–H groups in total. The molecule has 104 valence electrons. The fourth-order valence-electron chi connectivity index (χ4n) is 1.27. The summed E-state index contributed by atoms with van der Waals surface area (Å²) in [4.78, 5) is 21.7. The van der Waals surface area contributed by atoms with Crippen LogP contribution in [0.1, 0.15) is 13.8 Å². The largest absolute Gasteiger partial charge is 0.486 e. The van der Waals surface area contributed by atoms with Crippen LogP contribution in [0.15, 0.2) is 18.2 Å². The molecule has 19 heavy (non-hydrogen) atoms. The van der Waals surface area contributed by atoms with Gasteiger partial charge in [-0.1, -0.05) is 11.6 Å². The normalized spacial score (nSPS) is 10.9. The number of nitrogens with zero attached hydrogens (tertiary/aromatic N) is 1. The minimum atomic E-state index is -0.914. The summed E-state index contributed by atoms with van der Waals surface area (Å²) in [6.45, 7) is 3.16. The van der Waals surface area contributed by atoms with Gasteiger partial charge in [-0.05, 0) is 26.0 Å². The summed E-state index contributed by atoms with van der Waals surface area (Å²) >= 11 is 5.68. The lowest BCUT2D eigenvalue weighted by molar-refractivity contribution is -0.385. The lowest BCUT2D eigenvalue weighted by atomic mass is 9.94. The molecule has 0 saturated heterocycles. The number of hydrazine groups is 1. The SMILES string of the molecule is CC(C)(COc1ccc(Cl)cc1[N+](=O)[O-])C(=O)NN. The molecular formula is C11H14ClN3O4. The maximum absolute atomic E-state index is 11.5. The van der Waals surface area contributed by atoms with Crippen LogP contribution in [-0.4, -0.2) is 17.4 Å². The van der Waals surface area contributed by atoms with Crippen LogP contribution in [0.5, 0.6) is 5.75 Å². The highest BCUT2D eigenvalue weighted by atomic mass is 35.5. The predicted octanol–water partition coefficient (Wildman–Crippen LogP) is 1.64. The molecule has 0 heterocycles. The van der Waals surface area contributed by atoms with Crippen molar-refractivity contribution in [3.05, 3.63) is 33.3 Å². The number of benzene rings is 1. The predicted molar refractivity (Wildman–Crippen MR) is 69.7 cm³/mol. The van der Waals surface area contributed by atoms with E-state index < -0.39 is 16.2 Å². The Labute approximate surface area is 114 Å². The van der Waals surface area contributed by atoms with E-state index in [0.29, 0.717) is 0 Å². The molecule has 1 rings (SSSR count). The van der Waals surface area contributed by atoms with Gasteiger partial charge in [0.05, 0.1) is 10.3 Å². The second kappa shape index (κ2) is 5.85. The summed E-state index contributed by atoms with van der Waals surface area (Å²) in [5, 5.41) is 11.1. The molecule has 0 aliphatic rings. The van der Waals surface area contributed by atoms with E-state index in [-0.39, 0.29) is 23.1 Å². The van der Waals surface area contributed by atoms with Crippen LogP contribution in [0.25, 0.3) is 0 Å². The molecule has 0 spiro atoms. The van der Waals surface area contributed by atoms with E-state index in [4.69, 9.17) is 22.2 Å². The van der Waals surface area contributed by atoms with Crippen LogP contribution in [0.3, 0.4) is 0 Å². The molecule has 7 nitrogen and oxygen atoms in total. The van der Waals surface area contributed by atoms with Crippen LogP contribution < -0.4 is 16.0 Å². The van der Waals surface area contributed by atoms with Crippen molar-refractivity contribution in [2.45, 2.75) is 13.8 Å². The zero-order valence-electron chi connectivity index (χ0n) is 10.5. The molecule has 0 bridgehead atoms. The van der Waals surface area contributed by atoms with Gasteiger partial charge in [-0.15, -0.1) is 0 Å². The van der Waals surface area contributed by atoms with Gasteiger partial charge in [0, 0.05) is 11.1 Å². The first-order chi connectivity index (χ1) is 8.77. The van der Waals surface area contributed by atoms with Gasteiger partial charge >= 0.3 is 5.69 Å². The molecule has 0 fully saturated rings. The van der Waals surface area contributed by atoms with E-state index in [2.05, 4.69) is 0 Å². The van der Waals surface area contributed by atoms with Crippen molar-refractivity contribution >= 4 is 23.2 Å². The molecule has 1 aromatic rings. The Morgan fingerprint density at radius 2 is 2.21 bits per heavy atom. The molecule has 1 amide bonds.